The highest BCUT2D eigenvalue weighted by atomic mass is 79.9. The lowest BCUT2D eigenvalue weighted by atomic mass is 10.1. The molecule has 2 rings (SSSR count). The summed E-state index contributed by atoms with van der Waals surface area (Å²) >= 11 is 5.54. The minimum atomic E-state index is 0.227. The lowest BCUT2D eigenvalue weighted by Crippen LogP contribution is -2.21. The van der Waals surface area contributed by atoms with E-state index in [0.29, 0.717) is 0 Å². The molecule has 0 bridgehead atoms. The molecule has 0 fully saturated rings. The summed E-state index contributed by atoms with van der Waals surface area (Å²) in [6.07, 6.45) is 1.09. The van der Waals surface area contributed by atoms with Crippen LogP contribution in [0.15, 0.2) is 34.8 Å². The summed E-state index contributed by atoms with van der Waals surface area (Å²) in [7, 11) is 1.69. The molecule has 1 atom stereocenters. The zero-order valence-corrected chi connectivity index (χ0v) is 14.5. The lowest BCUT2D eigenvalue weighted by Gasteiger charge is -2.19. The Morgan fingerprint density at radius 1 is 1.25 bits per heavy atom. The largest absolute Gasteiger partial charge is 0.497 e. The highest BCUT2D eigenvalue weighted by Crippen LogP contribution is 2.34. The van der Waals surface area contributed by atoms with Crippen molar-refractivity contribution in [1.29, 1.82) is 0 Å². The van der Waals surface area contributed by atoms with E-state index in [1.165, 1.54) is 15.3 Å². The first-order valence-corrected chi connectivity index (χ1v) is 8.46. The molecule has 1 N–H and O–H groups in total. The second-order valence-corrected chi connectivity index (χ2v) is 6.59. The number of aryl methyl sites for hydroxylation is 1. The molecule has 1 unspecified atom stereocenters. The molecule has 0 saturated carbocycles. The molecule has 20 heavy (non-hydrogen) atoms. The first-order chi connectivity index (χ1) is 9.69. The first kappa shape index (κ1) is 15.5. The van der Waals surface area contributed by atoms with Gasteiger partial charge >= 0.3 is 0 Å². The van der Waals surface area contributed by atoms with Gasteiger partial charge in [-0.2, -0.15) is 0 Å². The Morgan fingerprint density at radius 2 is 2.05 bits per heavy atom. The van der Waals surface area contributed by atoms with Crippen LogP contribution >= 0.6 is 27.3 Å². The molecule has 2 aromatic rings. The number of rotatable bonds is 6. The Balaban J connectivity index is 2.37. The van der Waals surface area contributed by atoms with Crippen LogP contribution in [0.1, 0.15) is 35.2 Å². The summed E-state index contributed by atoms with van der Waals surface area (Å²) < 4.78 is 6.35. The van der Waals surface area contributed by atoms with Crippen LogP contribution in [0.25, 0.3) is 0 Å². The Hall–Kier alpha value is -0.840. The summed E-state index contributed by atoms with van der Waals surface area (Å²) in [5.74, 6) is 0.872. The quantitative estimate of drug-likeness (QED) is 0.806. The van der Waals surface area contributed by atoms with Crippen molar-refractivity contribution >= 4 is 27.3 Å². The summed E-state index contributed by atoms with van der Waals surface area (Å²) in [5.41, 5.74) is 1.25. The lowest BCUT2D eigenvalue weighted by molar-refractivity contribution is 0.414. The van der Waals surface area contributed by atoms with Crippen molar-refractivity contribution in [3.05, 3.63) is 50.1 Å². The number of benzene rings is 1. The molecular formula is C16H20BrNOS. The van der Waals surface area contributed by atoms with Crippen LogP contribution in [0.3, 0.4) is 0 Å². The molecule has 4 heteroatoms. The van der Waals surface area contributed by atoms with Crippen LogP contribution in [0.4, 0.5) is 0 Å². The van der Waals surface area contributed by atoms with E-state index in [2.05, 4.69) is 53.3 Å². The van der Waals surface area contributed by atoms with Crippen molar-refractivity contribution in [2.75, 3.05) is 13.7 Å². The molecule has 0 saturated heterocycles. The fourth-order valence-electron chi connectivity index (χ4n) is 2.18. The number of halogens is 1. The number of hydrogen-bond donors (Lipinski definition) is 1. The SMILES string of the molecule is CCNC(c1ccc(CC)s1)c1ccc(OC)cc1Br. The average molecular weight is 354 g/mol. The molecule has 0 aliphatic rings. The summed E-state index contributed by atoms with van der Waals surface area (Å²) in [6, 6.07) is 10.8. The predicted octanol–water partition coefficient (Wildman–Crippen LogP) is 4.78. The molecule has 0 amide bonds. The van der Waals surface area contributed by atoms with Gasteiger partial charge in [0.15, 0.2) is 0 Å². The number of nitrogens with one attached hydrogen (secondary N) is 1. The van der Waals surface area contributed by atoms with Crippen LogP contribution in [-0.2, 0) is 6.42 Å². The maximum absolute atomic E-state index is 5.27. The maximum atomic E-state index is 5.27. The topological polar surface area (TPSA) is 21.3 Å². The maximum Gasteiger partial charge on any atom is 0.120 e. The van der Waals surface area contributed by atoms with Gasteiger partial charge in [-0.1, -0.05) is 35.8 Å². The molecule has 108 valence electrons. The van der Waals surface area contributed by atoms with E-state index in [-0.39, 0.29) is 6.04 Å². The van der Waals surface area contributed by atoms with Crippen molar-refractivity contribution in [3.63, 3.8) is 0 Å². The Morgan fingerprint density at radius 3 is 2.60 bits per heavy atom. The van der Waals surface area contributed by atoms with Gasteiger partial charge < -0.3 is 10.1 Å². The molecule has 1 aromatic heterocycles. The Labute approximate surface area is 133 Å². The smallest absolute Gasteiger partial charge is 0.120 e. The van der Waals surface area contributed by atoms with E-state index in [9.17, 15) is 0 Å². The van der Waals surface area contributed by atoms with Gasteiger partial charge in [0.1, 0.15) is 5.75 Å². The van der Waals surface area contributed by atoms with Gasteiger partial charge in [0.2, 0.25) is 0 Å². The second-order valence-electron chi connectivity index (χ2n) is 4.54. The molecule has 0 aliphatic carbocycles. The fraction of sp³-hybridized carbons (Fsp3) is 0.375. The van der Waals surface area contributed by atoms with Crippen LogP contribution in [0.5, 0.6) is 5.75 Å². The van der Waals surface area contributed by atoms with E-state index < -0.39 is 0 Å². The highest BCUT2D eigenvalue weighted by Gasteiger charge is 2.18. The van der Waals surface area contributed by atoms with Crippen LogP contribution in [-0.4, -0.2) is 13.7 Å². The van der Waals surface area contributed by atoms with Crippen molar-refractivity contribution in [2.24, 2.45) is 0 Å². The molecule has 0 radical (unpaired) electrons. The van der Waals surface area contributed by atoms with Gasteiger partial charge in [0.05, 0.1) is 13.2 Å². The predicted molar refractivity (Wildman–Crippen MR) is 89.9 cm³/mol. The van der Waals surface area contributed by atoms with E-state index in [0.717, 1.165) is 23.2 Å². The molecule has 0 aliphatic heterocycles. The minimum Gasteiger partial charge on any atom is -0.497 e. The summed E-state index contributed by atoms with van der Waals surface area (Å²) in [4.78, 5) is 2.78. The molecule has 0 spiro atoms. The zero-order valence-electron chi connectivity index (χ0n) is 12.1. The normalized spacial score (nSPS) is 12.4. The van der Waals surface area contributed by atoms with Crippen molar-refractivity contribution in [1.82, 2.24) is 5.32 Å². The van der Waals surface area contributed by atoms with E-state index in [4.69, 9.17) is 4.74 Å². The third-order valence-electron chi connectivity index (χ3n) is 3.24. The van der Waals surface area contributed by atoms with Gasteiger partial charge in [-0.25, -0.2) is 0 Å². The highest BCUT2D eigenvalue weighted by molar-refractivity contribution is 9.10. The average Bonchev–Trinajstić information content (AvgIpc) is 2.94. The zero-order chi connectivity index (χ0) is 14.5. The Kier molecular flexibility index (Phi) is 5.64. The van der Waals surface area contributed by atoms with E-state index >= 15 is 0 Å². The summed E-state index contributed by atoms with van der Waals surface area (Å²) in [6.45, 7) is 5.27. The minimum absolute atomic E-state index is 0.227. The van der Waals surface area contributed by atoms with Gasteiger partial charge in [0.25, 0.3) is 0 Å². The van der Waals surface area contributed by atoms with Gasteiger partial charge in [-0.15, -0.1) is 11.3 Å². The monoisotopic (exact) mass is 353 g/mol. The van der Waals surface area contributed by atoms with Crippen molar-refractivity contribution in [3.8, 4) is 5.75 Å². The third kappa shape index (κ3) is 3.43. The molecule has 2 nitrogen and oxygen atoms in total. The third-order valence-corrected chi connectivity index (χ3v) is 5.22. The van der Waals surface area contributed by atoms with Crippen molar-refractivity contribution < 1.29 is 4.74 Å². The number of methoxy groups -OCH3 is 1. The van der Waals surface area contributed by atoms with Crippen LogP contribution < -0.4 is 10.1 Å². The molecular weight excluding hydrogens is 334 g/mol. The molecule has 1 heterocycles. The van der Waals surface area contributed by atoms with E-state index in [1.54, 1.807) is 7.11 Å². The molecule has 1 aromatic carbocycles. The standard InChI is InChI=1S/C16H20BrNOS/c1-4-12-7-9-15(20-12)16(18-5-2)13-8-6-11(19-3)10-14(13)17/h6-10,16,18H,4-5H2,1-3H3. The van der Waals surface area contributed by atoms with Crippen LogP contribution in [0.2, 0.25) is 0 Å². The number of hydrogen-bond acceptors (Lipinski definition) is 3. The summed E-state index contributed by atoms with van der Waals surface area (Å²) in [5, 5.41) is 3.57. The van der Waals surface area contributed by atoms with Gasteiger partial charge in [-0.3, -0.25) is 0 Å². The van der Waals surface area contributed by atoms with E-state index in [1.807, 2.05) is 23.5 Å². The van der Waals surface area contributed by atoms with Crippen molar-refractivity contribution in [2.45, 2.75) is 26.3 Å². The Bertz CT molecular complexity index is 567. The second kappa shape index (κ2) is 7.25. The number of thiophene rings is 1. The fourth-order valence-corrected chi connectivity index (χ4v) is 3.81. The van der Waals surface area contributed by atoms with Crippen LogP contribution in [0, 0.1) is 0 Å². The van der Waals surface area contributed by atoms with Gasteiger partial charge in [-0.05, 0) is 42.8 Å². The first-order valence-electron chi connectivity index (χ1n) is 6.85. The van der Waals surface area contributed by atoms with Gasteiger partial charge in [0, 0.05) is 14.2 Å². The number of ether oxygens (including phenoxy) is 1.